The Bertz CT molecular complexity index is 345. The first-order chi connectivity index (χ1) is 7.13. The zero-order valence-electron chi connectivity index (χ0n) is 8.72. The Labute approximate surface area is 89.3 Å². The standard InChI is InChI=1S/C12H16O3/c1-2-3-10(13)6-4-9-5-7-11(14)12(15)8-9/h4-8,10,13-15H,2-3H2,1H3/b6-4+. The van der Waals surface area contributed by atoms with Gasteiger partial charge in [-0.3, -0.25) is 0 Å². The highest BCUT2D eigenvalue weighted by Gasteiger charge is 1.99. The molecule has 3 nitrogen and oxygen atoms in total. The van der Waals surface area contributed by atoms with Crippen molar-refractivity contribution >= 4 is 6.08 Å². The predicted molar refractivity (Wildman–Crippen MR) is 59.7 cm³/mol. The lowest BCUT2D eigenvalue weighted by Gasteiger charge is -2.02. The minimum absolute atomic E-state index is 0.138. The molecule has 0 saturated heterocycles. The van der Waals surface area contributed by atoms with Gasteiger partial charge in [0.25, 0.3) is 0 Å². The predicted octanol–water partition coefficient (Wildman–Crippen LogP) is 2.27. The van der Waals surface area contributed by atoms with Gasteiger partial charge in [-0.05, 0) is 24.1 Å². The van der Waals surface area contributed by atoms with Crippen LogP contribution in [0.4, 0.5) is 0 Å². The van der Waals surface area contributed by atoms with Crippen LogP contribution in [-0.4, -0.2) is 21.4 Å². The molecule has 3 N–H and O–H groups in total. The summed E-state index contributed by atoms with van der Waals surface area (Å²) in [7, 11) is 0. The average molecular weight is 208 g/mol. The van der Waals surface area contributed by atoms with Crippen LogP contribution in [0.25, 0.3) is 6.08 Å². The molecule has 3 heteroatoms. The Kier molecular flexibility index (Phi) is 4.18. The molecule has 0 aliphatic heterocycles. The van der Waals surface area contributed by atoms with Crippen LogP contribution in [-0.2, 0) is 0 Å². The molecule has 1 aromatic carbocycles. The fourth-order valence-electron chi connectivity index (χ4n) is 1.26. The van der Waals surface area contributed by atoms with E-state index in [1.165, 1.54) is 12.1 Å². The van der Waals surface area contributed by atoms with Crippen molar-refractivity contribution < 1.29 is 15.3 Å². The molecule has 0 spiro atoms. The van der Waals surface area contributed by atoms with Gasteiger partial charge in [0, 0.05) is 0 Å². The molecule has 1 unspecified atom stereocenters. The highest BCUT2D eigenvalue weighted by molar-refractivity contribution is 5.55. The van der Waals surface area contributed by atoms with Crippen LogP contribution in [0.1, 0.15) is 25.3 Å². The first-order valence-electron chi connectivity index (χ1n) is 5.01. The summed E-state index contributed by atoms with van der Waals surface area (Å²) in [5.41, 5.74) is 0.750. The molecule has 0 heterocycles. The number of phenolic OH excluding ortho intramolecular Hbond substituents is 2. The van der Waals surface area contributed by atoms with Crippen molar-refractivity contribution in [2.24, 2.45) is 0 Å². The topological polar surface area (TPSA) is 60.7 Å². The number of aromatic hydroxyl groups is 2. The van der Waals surface area contributed by atoms with E-state index in [0.717, 1.165) is 18.4 Å². The fourth-order valence-corrected chi connectivity index (χ4v) is 1.26. The van der Waals surface area contributed by atoms with E-state index in [9.17, 15) is 10.2 Å². The lowest BCUT2D eigenvalue weighted by Crippen LogP contribution is -1.99. The molecule has 0 bridgehead atoms. The number of aliphatic hydroxyl groups is 1. The molecule has 0 aromatic heterocycles. The van der Waals surface area contributed by atoms with E-state index in [1.807, 2.05) is 6.92 Å². The monoisotopic (exact) mass is 208 g/mol. The first kappa shape index (κ1) is 11.6. The van der Waals surface area contributed by atoms with E-state index in [0.29, 0.717) is 0 Å². The second kappa shape index (κ2) is 5.41. The quantitative estimate of drug-likeness (QED) is 0.665. The molecule has 0 fully saturated rings. The molecule has 1 aromatic rings. The van der Waals surface area contributed by atoms with Crippen molar-refractivity contribution in [3.05, 3.63) is 29.8 Å². The van der Waals surface area contributed by atoms with Gasteiger partial charge >= 0.3 is 0 Å². The highest BCUT2D eigenvalue weighted by Crippen LogP contribution is 2.25. The van der Waals surface area contributed by atoms with E-state index < -0.39 is 6.10 Å². The van der Waals surface area contributed by atoms with Gasteiger partial charge in [-0.2, -0.15) is 0 Å². The van der Waals surface area contributed by atoms with Gasteiger partial charge in [-0.15, -0.1) is 0 Å². The summed E-state index contributed by atoms with van der Waals surface area (Å²) in [4.78, 5) is 0. The summed E-state index contributed by atoms with van der Waals surface area (Å²) in [6.07, 6.45) is 4.59. The van der Waals surface area contributed by atoms with Gasteiger partial charge in [0.1, 0.15) is 0 Å². The van der Waals surface area contributed by atoms with Crippen molar-refractivity contribution in [3.63, 3.8) is 0 Å². The van der Waals surface area contributed by atoms with E-state index in [2.05, 4.69) is 0 Å². The smallest absolute Gasteiger partial charge is 0.157 e. The zero-order valence-corrected chi connectivity index (χ0v) is 8.72. The molecule has 82 valence electrons. The van der Waals surface area contributed by atoms with Crippen LogP contribution in [0, 0.1) is 0 Å². The maximum atomic E-state index is 9.44. The molecule has 15 heavy (non-hydrogen) atoms. The van der Waals surface area contributed by atoms with Crippen LogP contribution in [0.5, 0.6) is 11.5 Å². The maximum Gasteiger partial charge on any atom is 0.157 e. The van der Waals surface area contributed by atoms with E-state index in [1.54, 1.807) is 18.2 Å². The third kappa shape index (κ3) is 3.64. The third-order valence-corrected chi connectivity index (χ3v) is 2.09. The summed E-state index contributed by atoms with van der Waals surface area (Å²) in [5.74, 6) is -0.289. The van der Waals surface area contributed by atoms with Gasteiger partial charge in [-0.25, -0.2) is 0 Å². The molecule has 0 aliphatic rings. The maximum absolute atomic E-state index is 9.44. The average Bonchev–Trinajstić information content (AvgIpc) is 2.20. The molecule has 1 atom stereocenters. The second-order valence-corrected chi connectivity index (χ2v) is 3.46. The van der Waals surface area contributed by atoms with Gasteiger partial charge < -0.3 is 15.3 Å². The fraction of sp³-hybridized carbons (Fsp3) is 0.333. The summed E-state index contributed by atoms with van der Waals surface area (Å²) < 4.78 is 0. The van der Waals surface area contributed by atoms with Crippen LogP contribution >= 0.6 is 0 Å². The Morgan fingerprint density at radius 1 is 1.27 bits per heavy atom. The summed E-state index contributed by atoms with van der Waals surface area (Å²) in [5, 5.41) is 27.7. The van der Waals surface area contributed by atoms with Crippen molar-refractivity contribution in [3.8, 4) is 11.5 Å². The number of hydrogen-bond donors (Lipinski definition) is 3. The molecule has 0 aliphatic carbocycles. The lowest BCUT2D eigenvalue weighted by molar-refractivity contribution is 0.212. The summed E-state index contributed by atoms with van der Waals surface area (Å²) in [6.45, 7) is 2.00. The molecule has 0 saturated carbocycles. The largest absolute Gasteiger partial charge is 0.504 e. The number of benzene rings is 1. The molecule has 0 amide bonds. The minimum Gasteiger partial charge on any atom is -0.504 e. The van der Waals surface area contributed by atoms with Gasteiger partial charge in [-0.1, -0.05) is 31.6 Å². The van der Waals surface area contributed by atoms with Crippen LogP contribution in [0.2, 0.25) is 0 Å². The first-order valence-corrected chi connectivity index (χ1v) is 5.01. The van der Waals surface area contributed by atoms with Gasteiger partial charge in [0.05, 0.1) is 6.10 Å². The molecular formula is C12H16O3. The van der Waals surface area contributed by atoms with Crippen LogP contribution in [0.3, 0.4) is 0 Å². The highest BCUT2D eigenvalue weighted by atomic mass is 16.3. The number of hydrogen-bond acceptors (Lipinski definition) is 3. The normalized spacial score (nSPS) is 13.2. The Balaban J connectivity index is 2.68. The summed E-state index contributed by atoms with van der Waals surface area (Å²) >= 11 is 0. The van der Waals surface area contributed by atoms with Crippen molar-refractivity contribution in [2.45, 2.75) is 25.9 Å². The van der Waals surface area contributed by atoms with Gasteiger partial charge in [0.15, 0.2) is 11.5 Å². The minimum atomic E-state index is -0.453. The number of rotatable bonds is 4. The van der Waals surface area contributed by atoms with Gasteiger partial charge in [0.2, 0.25) is 0 Å². The van der Waals surface area contributed by atoms with Crippen molar-refractivity contribution in [2.75, 3.05) is 0 Å². The number of phenols is 2. The van der Waals surface area contributed by atoms with Crippen molar-refractivity contribution in [1.29, 1.82) is 0 Å². The zero-order chi connectivity index (χ0) is 11.3. The Hall–Kier alpha value is -1.48. The van der Waals surface area contributed by atoms with E-state index in [-0.39, 0.29) is 11.5 Å². The second-order valence-electron chi connectivity index (χ2n) is 3.46. The Morgan fingerprint density at radius 3 is 2.60 bits per heavy atom. The Morgan fingerprint density at radius 2 is 2.00 bits per heavy atom. The third-order valence-electron chi connectivity index (χ3n) is 2.09. The lowest BCUT2D eigenvalue weighted by atomic mass is 10.1. The SMILES string of the molecule is CCCC(O)/C=C/c1ccc(O)c(O)c1. The van der Waals surface area contributed by atoms with Crippen molar-refractivity contribution in [1.82, 2.24) is 0 Å². The van der Waals surface area contributed by atoms with Crippen LogP contribution in [0.15, 0.2) is 24.3 Å². The molecule has 1 rings (SSSR count). The van der Waals surface area contributed by atoms with Crippen LogP contribution < -0.4 is 0 Å². The van der Waals surface area contributed by atoms with E-state index in [4.69, 9.17) is 5.11 Å². The number of aliphatic hydroxyl groups excluding tert-OH is 1. The molecular weight excluding hydrogens is 192 g/mol. The summed E-state index contributed by atoms with van der Waals surface area (Å²) in [6, 6.07) is 4.54. The van der Waals surface area contributed by atoms with E-state index >= 15 is 0 Å². The molecule has 0 radical (unpaired) electrons.